The van der Waals surface area contributed by atoms with Gasteiger partial charge in [0.2, 0.25) is 5.28 Å². The number of fused-ring (bicyclic) bond motifs is 1. The fourth-order valence-electron chi connectivity index (χ4n) is 1.72. The Bertz CT molecular complexity index is 691. The van der Waals surface area contributed by atoms with Crippen molar-refractivity contribution in [1.82, 2.24) is 25.1 Å². The van der Waals surface area contributed by atoms with Crippen LogP contribution in [0.4, 0.5) is 0 Å². The minimum absolute atomic E-state index is 0.200. The quantitative estimate of drug-likeness (QED) is 0.669. The highest BCUT2D eigenvalue weighted by atomic mass is 35.5. The van der Waals surface area contributed by atoms with Crippen molar-refractivity contribution in [3.8, 4) is 11.3 Å². The van der Waals surface area contributed by atoms with Crippen LogP contribution in [0.15, 0.2) is 24.5 Å². The molecule has 0 amide bonds. The molecule has 0 aliphatic heterocycles. The van der Waals surface area contributed by atoms with Crippen LogP contribution in [0, 0.1) is 6.92 Å². The highest BCUT2D eigenvalue weighted by Crippen LogP contribution is 2.25. The molecule has 6 heteroatoms. The molecule has 84 valence electrons. The SMILES string of the molecule is Cc1cc(-c2nc(Cl)nc3[nH]ncc23)ccn1. The molecule has 0 saturated carbocycles. The maximum absolute atomic E-state index is 5.88. The van der Waals surface area contributed by atoms with Gasteiger partial charge in [-0.3, -0.25) is 10.1 Å². The highest BCUT2D eigenvalue weighted by molar-refractivity contribution is 6.28. The number of rotatable bonds is 1. The number of pyridine rings is 1. The van der Waals surface area contributed by atoms with Crippen molar-refractivity contribution in [3.05, 3.63) is 35.5 Å². The van der Waals surface area contributed by atoms with Crippen molar-refractivity contribution in [2.75, 3.05) is 0 Å². The number of aromatic nitrogens is 5. The van der Waals surface area contributed by atoms with E-state index < -0.39 is 0 Å². The van der Waals surface area contributed by atoms with Gasteiger partial charge in [-0.1, -0.05) is 0 Å². The first-order chi connectivity index (χ1) is 8.24. The molecule has 0 aliphatic carbocycles. The van der Waals surface area contributed by atoms with E-state index in [1.54, 1.807) is 12.4 Å². The standard InChI is InChI=1S/C11H8ClN5/c1-6-4-7(2-3-13-6)9-8-5-14-17-10(8)16-11(12)15-9/h2-5H,1H3,(H,14,15,16,17). The summed E-state index contributed by atoms with van der Waals surface area (Å²) in [5.74, 6) is 0. The summed E-state index contributed by atoms with van der Waals surface area (Å²) in [4.78, 5) is 12.5. The van der Waals surface area contributed by atoms with Gasteiger partial charge in [-0.15, -0.1) is 0 Å². The summed E-state index contributed by atoms with van der Waals surface area (Å²) in [5.41, 5.74) is 3.27. The highest BCUT2D eigenvalue weighted by Gasteiger charge is 2.10. The van der Waals surface area contributed by atoms with Gasteiger partial charge in [0.05, 0.1) is 17.3 Å². The smallest absolute Gasteiger partial charge is 0.224 e. The Kier molecular flexibility index (Phi) is 2.26. The van der Waals surface area contributed by atoms with Gasteiger partial charge in [0.15, 0.2) is 5.65 Å². The van der Waals surface area contributed by atoms with E-state index in [1.807, 2.05) is 19.1 Å². The first-order valence-corrected chi connectivity index (χ1v) is 5.41. The van der Waals surface area contributed by atoms with Gasteiger partial charge in [0, 0.05) is 17.5 Å². The van der Waals surface area contributed by atoms with E-state index >= 15 is 0 Å². The molecule has 3 heterocycles. The summed E-state index contributed by atoms with van der Waals surface area (Å²) in [6.07, 6.45) is 3.43. The Hall–Kier alpha value is -2.01. The van der Waals surface area contributed by atoms with Gasteiger partial charge in [-0.05, 0) is 30.7 Å². The Morgan fingerprint density at radius 1 is 1.29 bits per heavy atom. The lowest BCUT2D eigenvalue weighted by Gasteiger charge is -2.03. The van der Waals surface area contributed by atoms with Gasteiger partial charge in [0.25, 0.3) is 0 Å². The van der Waals surface area contributed by atoms with Crippen molar-refractivity contribution in [2.45, 2.75) is 6.92 Å². The molecule has 17 heavy (non-hydrogen) atoms. The zero-order valence-corrected chi connectivity index (χ0v) is 9.73. The van der Waals surface area contributed by atoms with Gasteiger partial charge < -0.3 is 0 Å². The van der Waals surface area contributed by atoms with E-state index in [9.17, 15) is 0 Å². The van der Waals surface area contributed by atoms with E-state index in [2.05, 4.69) is 25.1 Å². The normalized spacial score (nSPS) is 10.9. The Labute approximate surface area is 102 Å². The van der Waals surface area contributed by atoms with E-state index in [1.165, 1.54) is 0 Å². The fraction of sp³-hybridized carbons (Fsp3) is 0.0909. The summed E-state index contributed by atoms with van der Waals surface area (Å²) in [6, 6.07) is 3.84. The molecule has 0 unspecified atom stereocenters. The third kappa shape index (κ3) is 1.74. The number of hydrogen-bond donors (Lipinski definition) is 1. The molecule has 0 aromatic carbocycles. The zero-order valence-electron chi connectivity index (χ0n) is 8.98. The van der Waals surface area contributed by atoms with Crippen LogP contribution < -0.4 is 0 Å². The second-order valence-electron chi connectivity index (χ2n) is 3.66. The predicted octanol–water partition coefficient (Wildman–Crippen LogP) is 2.38. The number of nitrogens with zero attached hydrogens (tertiary/aromatic N) is 4. The molecule has 0 aliphatic rings. The largest absolute Gasteiger partial charge is 0.262 e. The van der Waals surface area contributed by atoms with Crippen LogP contribution in [0.1, 0.15) is 5.69 Å². The van der Waals surface area contributed by atoms with Gasteiger partial charge in [-0.25, -0.2) is 4.98 Å². The maximum atomic E-state index is 5.88. The zero-order chi connectivity index (χ0) is 11.8. The lowest BCUT2D eigenvalue weighted by Crippen LogP contribution is -1.91. The predicted molar refractivity (Wildman–Crippen MR) is 64.7 cm³/mol. The Morgan fingerprint density at radius 2 is 2.18 bits per heavy atom. The van der Waals surface area contributed by atoms with Crippen LogP contribution >= 0.6 is 11.6 Å². The minimum atomic E-state index is 0.200. The van der Waals surface area contributed by atoms with E-state index in [-0.39, 0.29) is 5.28 Å². The molecule has 3 aromatic rings. The third-order valence-corrected chi connectivity index (χ3v) is 2.62. The first-order valence-electron chi connectivity index (χ1n) is 5.04. The van der Waals surface area contributed by atoms with Gasteiger partial charge in [0.1, 0.15) is 0 Å². The van der Waals surface area contributed by atoms with Gasteiger partial charge in [-0.2, -0.15) is 10.1 Å². The molecule has 1 N–H and O–H groups in total. The minimum Gasteiger partial charge on any atom is -0.262 e. The lowest BCUT2D eigenvalue weighted by molar-refractivity contribution is 1.09. The van der Waals surface area contributed by atoms with E-state index in [0.717, 1.165) is 22.3 Å². The summed E-state index contributed by atoms with van der Waals surface area (Å²) in [6.45, 7) is 1.93. The second kappa shape index (κ2) is 3.78. The number of aryl methyl sites for hydroxylation is 1. The Balaban J connectivity index is 2.32. The first kappa shape index (κ1) is 10.2. The summed E-state index contributed by atoms with van der Waals surface area (Å²) < 4.78 is 0. The van der Waals surface area contributed by atoms with Crippen molar-refractivity contribution in [3.63, 3.8) is 0 Å². The van der Waals surface area contributed by atoms with Crippen molar-refractivity contribution in [2.24, 2.45) is 0 Å². The van der Waals surface area contributed by atoms with Crippen molar-refractivity contribution < 1.29 is 0 Å². The molecule has 0 radical (unpaired) electrons. The van der Waals surface area contributed by atoms with Crippen molar-refractivity contribution in [1.29, 1.82) is 0 Å². The number of halogens is 1. The molecule has 0 spiro atoms. The average molecular weight is 246 g/mol. The summed E-state index contributed by atoms with van der Waals surface area (Å²) in [5, 5.41) is 7.78. The molecule has 5 nitrogen and oxygen atoms in total. The van der Waals surface area contributed by atoms with Crippen LogP contribution in [-0.2, 0) is 0 Å². The molecular formula is C11H8ClN5. The van der Waals surface area contributed by atoms with Crippen LogP contribution in [-0.4, -0.2) is 25.1 Å². The Morgan fingerprint density at radius 3 is 3.00 bits per heavy atom. The van der Waals surface area contributed by atoms with Crippen LogP contribution in [0.3, 0.4) is 0 Å². The third-order valence-electron chi connectivity index (χ3n) is 2.45. The van der Waals surface area contributed by atoms with E-state index in [4.69, 9.17) is 11.6 Å². The molecular weight excluding hydrogens is 238 g/mol. The molecule has 0 atom stereocenters. The van der Waals surface area contributed by atoms with Crippen LogP contribution in [0.2, 0.25) is 5.28 Å². The second-order valence-corrected chi connectivity index (χ2v) is 4.00. The topological polar surface area (TPSA) is 67.3 Å². The summed E-state index contributed by atoms with van der Waals surface area (Å²) >= 11 is 5.88. The van der Waals surface area contributed by atoms with Crippen LogP contribution in [0.5, 0.6) is 0 Å². The molecule has 3 aromatic heterocycles. The molecule has 0 bridgehead atoms. The van der Waals surface area contributed by atoms with E-state index in [0.29, 0.717) is 5.65 Å². The molecule has 0 saturated heterocycles. The van der Waals surface area contributed by atoms with Crippen molar-refractivity contribution >= 4 is 22.6 Å². The fourth-order valence-corrected chi connectivity index (χ4v) is 1.89. The summed E-state index contributed by atoms with van der Waals surface area (Å²) in [7, 11) is 0. The average Bonchev–Trinajstić information content (AvgIpc) is 2.75. The number of hydrogen-bond acceptors (Lipinski definition) is 4. The number of nitrogens with one attached hydrogen (secondary N) is 1. The number of aromatic amines is 1. The number of H-pyrrole nitrogens is 1. The lowest BCUT2D eigenvalue weighted by atomic mass is 10.1. The molecule has 0 fully saturated rings. The van der Waals surface area contributed by atoms with Gasteiger partial charge >= 0.3 is 0 Å². The van der Waals surface area contributed by atoms with Crippen LogP contribution in [0.25, 0.3) is 22.3 Å². The maximum Gasteiger partial charge on any atom is 0.224 e. The monoisotopic (exact) mass is 245 g/mol. The molecule has 3 rings (SSSR count).